The second kappa shape index (κ2) is 6.37. The predicted molar refractivity (Wildman–Crippen MR) is 68.4 cm³/mol. The summed E-state index contributed by atoms with van der Waals surface area (Å²) in [7, 11) is 0. The van der Waals surface area contributed by atoms with Crippen molar-refractivity contribution >= 4 is 17.7 Å². The number of amides is 3. The number of carbonyl (C=O) groups excluding carboxylic acids is 3. The molecule has 0 bridgehead atoms. The highest BCUT2D eigenvalue weighted by Crippen LogP contribution is 2.18. The fourth-order valence-electron chi connectivity index (χ4n) is 1.30. The van der Waals surface area contributed by atoms with Crippen molar-refractivity contribution in [1.82, 2.24) is 10.6 Å². The van der Waals surface area contributed by atoms with E-state index in [1.54, 1.807) is 34.6 Å². The molecule has 0 aliphatic carbocycles. The highest BCUT2D eigenvalue weighted by atomic mass is 16.2. The molecule has 0 aromatic heterocycles. The fraction of sp³-hybridized carbons (Fsp3) is 0.750. The Morgan fingerprint density at radius 3 is 2.00 bits per heavy atom. The Bertz CT molecular complexity index is 332. The first-order valence-electron chi connectivity index (χ1n) is 5.92. The minimum absolute atomic E-state index is 0.156. The van der Waals surface area contributed by atoms with Gasteiger partial charge in [0.15, 0.2) is 0 Å². The fourth-order valence-corrected chi connectivity index (χ4v) is 1.30. The third-order valence-corrected chi connectivity index (χ3v) is 2.40. The number of carbonyl (C=O) groups is 3. The second-order valence-electron chi connectivity index (χ2n) is 5.64. The minimum Gasteiger partial charge on any atom is -0.368 e. The number of hydrogen-bond acceptors (Lipinski definition) is 3. The van der Waals surface area contributed by atoms with Gasteiger partial charge in [0.25, 0.3) is 0 Å². The van der Waals surface area contributed by atoms with Crippen molar-refractivity contribution < 1.29 is 14.4 Å². The van der Waals surface area contributed by atoms with E-state index in [1.807, 2.05) is 0 Å². The predicted octanol–water partition coefficient (Wildman–Crippen LogP) is -0.225. The molecule has 4 N–H and O–H groups in total. The summed E-state index contributed by atoms with van der Waals surface area (Å²) in [5.74, 6) is -1.42. The van der Waals surface area contributed by atoms with Crippen LogP contribution in [0.3, 0.4) is 0 Å². The molecule has 0 fully saturated rings. The average molecular weight is 257 g/mol. The quantitative estimate of drug-likeness (QED) is 0.634. The summed E-state index contributed by atoms with van der Waals surface area (Å²) >= 11 is 0. The van der Waals surface area contributed by atoms with Gasteiger partial charge in [-0.25, -0.2) is 0 Å². The van der Waals surface area contributed by atoms with Crippen LogP contribution >= 0.6 is 0 Å². The van der Waals surface area contributed by atoms with E-state index in [1.165, 1.54) is 0 Å². The Morgan fingerprint density at radius 1 is 1.17 bits per heavy atom. The number of nitrogens with one attached hydrogen (secondary N) is 2. The Morgan fingerprint density at radius 2 is 1.67 bits per heavy atom. The van der Waals surface area contributed by atoms with Crippen molar-refractivity contribution in [2.45, 2.75) is 40.7 Å². The second-order valence-corrected chi connectivity index (χ2v) is 5.64. The lowest BCUT2D eigenvalue weighted by Gasteiger charge is -2.28. The first-order chi connectivity index (χ1) is 8.05. The Hall–Kier alpha value is -1.59. The summed E-state index contributed by atoms with van der Waals surface area (Å²) in [5.41, 5.74) is 4.77. The first kappa shape index (κ1) is 16.4. The van der Waals surface area contributed by atoms with Gasteiger partial charge in [0.2, 0.25) is 17.7 Å². The van der Waals surface area contributed by atoms with E-state index in [4.69, 9.17) is 5.73 Å². The van der Waals surface area contributed by atoms with Gasteiger partial charge in [-0.15, -0.1) is 0 Å². The number of nitrogens with two attached hydrogens (primary N) is 1. The van der Waals surface area contributed by atoms with Gasteiger partial charge in [-0.05, 0) is 5.41 Å². The third kappa shape index (κ3) is 5.65. The van der Waals surface area contributed by atoms with E-state index < -0.39 is 23.3 Å². The lowest BCUT2D eigenvalue weighted by molar-refractivity contribution is -0.131. The molecule has 0 aromatic carbocycles. The highest BCUT2D eigenvalue weighted by molar-refractivity contribution is 5.90. The topological polar surface area (TPSA) is 101 Å². The van der Waals surface area contributed by atoms with E-state index in [9.17, 15) is 14.4 Å². The average Bonchev–Trinajstić information content (AvgIpc) is 2.20. The first-order valence-corrected chi connectivity index (χ1v) is 5.92. The van der Waals surface area contributed by atoms with Crippen LogP contribution in [0.5, 0.6) is 0 Å². The van der Waals surface area contributed by atoms with Crippen LogP contribution < -0.4 is 16.4 Å². The van der Waals surface area contributed by atoms with Crippen molar-refractivity contribution in [2.75, 3.05) is 6.54 Å². The molecule has 1 unspecified atom stereocenters. The van der Waals surface area contributed by atoms with Gasteiger partial charge >= 0.3 is 0 Å². The molecule has 0 rings (SSSR count). The maximum Gasteiger partial charge on any atom is 0.240 e. The summed E-state index contributed by atoms with van der Waals surface area (Å²) in [5, 5.41) is 5.00. The van der Waals surface area contributed by atoms with E-state index in [0.29, 0.717) is 0 Å². The van der Waals surface area contributed by atoms with E-state index in [0.717, 1.165) is 0 Å². The van der Waals surface area contributed by atoms with Crippen LogP contribution in [-0.2, 0) is 14.4 Å². The van der Waals surface area contributed by atoms with Crippen LogP contribution in [0.1, 0.15) is 34.6 Å². The van der Waals surface area contributed by atoms with Crippen molar-refractivity contribution in [3.63, 3.8) is 0 Å². The van der Waals surface area contributed by atoms with Crippen molar-refractivity contribution in [3.05, 3.63) is 0 Å². The molecule has 3 amide bonds. The van der Waals surface area contributed by atoms with Crippen LogP contribution in [0.4, 0.5) is 0 Å². The Labute approximate surface area is 108 Å². The smallest absolute Gasteiger partial charge is 0.240 e. The van der Waals surface area contributed by atoms with Gasteiger partial charge in [0, 0.05) is 5.92 Å². The largest absolute Gasteiger partial charge is 0.368 e. The zero-order chi connectivity index (χ0) is 14.5. The zero-order valence-corrected chi connectivity index (χ0v) is 11.7. The van der Waals surface area contributed by atoms with Gasteiger partial charge in [0.1, 0.15) is 6.04 Å². The van der Waals surface area contributed by atoms with Crippen LogP contribution in [0, 0.1) is 11.3 Å². The molecule has 1 atom stereocenters. The van der Waals surface area contributed by atoms with Gasteiger partial charge in [-0.2, -0.15) is 0 Å². The molecule has 0 saturated carbocycles. The van der Waals surface area contributed by atoms with Crippen LogP contribution in [-0.4, -0.2) is 30.3 Å². The van der Waals surface area contributed by atoms with Crippen molar-refractivity contribution in [1.29, 1.82) is 0 Å². The zero-order valence-electron chi connectivity index (χ0n) is 11.7. The normalized spacial score (nSPS) is 13.0. The van der Waals surface area contributed by atoms with Gasteiger partial charge < -0.3 is 16.4 Å². The monoisotopic (exact) mass is 257 g/mol. The molecular weight excluding hydrogens is 234 g/mol. The van der Waals surface area contributed by atoms with Gasteiger partial charge in [-0.1, -0.05) is 34.6 Å². The van der Waals surface area contributed by atoms with Crippen LogP contribution in [0.25, 0.3) is 0 Å². The molecule has 104 valence electrons. The molecule has 6 heteroatoms. The summed E-state index contributed by atoms with van der Waals surface area (Å²) in [6, 6.07) is -0.763. The van der Waals surface area contributed by atoms with E-state index in [-0.39, 0.29) is 18.4 Å². The molecule has 6 nitrogen and oxygen atoms in total. The van der Waals surface area contributed by atoms with Crippen LogP contribution in [0.2, 0.25) is 0 Å². The molecule has 0 aliphatic heterocycles. The Balaban J connectivity index is 4.37. The van der Waals surface area contributed by atoms with Crippen LogP contribution in [0.15, 0.2) is 0 Å². The highest BCUT2D eigenvalue weighted by Gasteiger charge is 2.30. The molecule has 0 spiro atoms. The molecule has 0 aromatic rings. The number of primary amides is 1. The lowest BCUT2D eigenvalue weighted by atomic mass is 9.86. The summed E-state index contributed by atoms with van der Waals surface area (Å²) < 4.78 is 0. The number of rotatable bonds is 5. The minimum atomic E-state index is -0.763. The van der Waals surface area contributed by atoms with E-state index >= 15 is 0 Å². The molecule has 18 heavy (non-hydrogen) atoms. The molecule has 0 radical (unpaired) electrons. The maximum atomic E-state index is 11.6. The van der Waals surface area contributed by atoms with Gasteiger partial charge in [-0.3, -0.25) is 14.4 Å². The van der Waals surface area contributed by atoms with Gasteiger partial charge in [0.05, 0.1) is 6.54 Å². The van der Waals surface area contributed by atoms with E-state index in [2.05, 4.69) is 10.6 Å². The molecular formula is C12H23N3O3. The SMILES string of the molecule is CC(C)C(=O)NCC(=O)NC(C(N)=O)C(C)(C)C. The summed E-state index contributed by atoms with van der Waals surface area (Å²) in [4.78, 5) is 34.1. The van der Waals surface area contributed by atoms with Crippen molar-refractivity contribution in [3.8, 4) is 0 Å². The number of hydrogen-bond donors (Lipinski definition) is 3. The summed E-state index contributed by atoms with van der Waals surface area (Å²) in [6.07, 6.45) is 0. The summed E-state index contributed by atoms with van der Waals surface area (Å²) in [6.45, 7) is 8.71. The standard InChI is InChI=1S/C12H23N3O3/c1-7(2)11(18)14-6-8(16)15-9(10(13)17)12(3,4)5/h7,9H,6H2,1-5H3,(H2,13,17)(H,14,18)(H,15,16). The van der Waals surface area contributed by atoms with Crippen molar-refractivity contribution in [2.24, 2.45) is 17.1 Å². The maximum absolute atomic E-state index is 11.6. The molecule has 0 heterocycles. The lowest BCUT2D eigenvalue weighted by Crippen LogP contribution is -2.54. The molecule has 0 saturated heterocycles. The third-order valence-electron chi connectivity index (χ3n) is 2.40. The molecule has 0 aliphatic rings. The Kier molecular flexibility index (Phi) is 5.81.